The SMILES string of the molecule is CCCC/C=C/CCCCCCCC(=O)OC[C@H](CO)OC(=O)CCCCCCCCC. The summed E-state index contributed by atoms with van der Waals surface area (Å²) in [6, 6.07) is 0. The van der Waals surface area contributed by atoms with Crippen LogP contribution in [-0.2, 0) is 19.1 Å². The number of unbranched alkanes of at least 4 members (excludes halogenated alkanes) is 13. The standard InChI is InChI=1S/C27H50O5/c1-3-5-7-9-11-12-13-14-16-17-19-21-26(29)31-24-25(23-28)32-27(30)22-20-18-15-10-8-6-4-2/h9,11,25,28H,3-8,10,12-24H2,1-2H3/b11-9+/t25-/m0/s1. The minimum Gasteiger partial charge on any atom is -0.462 e. The first-order valence-electron chi connectivity index (χ1n) is 13.2. The van der Waals surface area contributed by atoms with E-state index in [4.69, 9.17) is 9.47 Å². The second-order valence-electron chi connectivity index (χ2n) is 8.77. The summed E-state index contributed by atoms with van der Waals surface area (Å²) in [6.07, 6.45) is 22.7. The third kappa shape index (κ3) is 21.9. The lowest BCUT2D eigenvalue weighted by atomic mass is 10.1. The lowest BCUT2D eigenvalue weighted by molar-refractivity contribution is -0.161. The number of ether oxygens (including phenoxy) is 2. The van der Waals surface area contributed by atoms with Crippen LogP contribution in [0.1, 0.15) is 129 Å². The first-order chi connectivity index (χ1) is 15.6. The zero-order valence-electron chi connectivity index (χ0n) is 21.0. The lowest BCUT2D eigenvalue weighted by Crippen LogP contribution is -2.28. The maximum atomic E-state index is 11.9. The average molecular weight is 455 g/mol. The Morgan fingerprint density at radius 2 is 1.19 bits per heavy atom. The van der Waals surface area contributed by atoms with E-state index in [-0.39, 0.29) is 25.2 Å². The molecule has 0 amide bonds. The molecule has 1 atom stereocenters. The van der Waals surface area contributed by atoms with Crippen LogP contribution in [0.2, 0.25) is 0 Å². The fraction of sp³-hybridized carbons (Fsp3) is 0.852. The topological polar surface area (TPSA) is 72.8 Å². The first kappa shape index (κ1) is 30.6. The molecule has 0 spiro atoms. The van der Waals surface area contributed by atoms with E-state index in [2.05, 4.69) is 26.0 Å². The quantitative estimate of drug-likeness (QED) is 0.102. The first-order valence-corrected chi connectivity index (χ1v) is 13.2. The van der Waals surface area contributed by atoms with E-state index < -0.39 is 6.10 Å². The van der Waals surface area contributed by atoms with Gasteiger partial charge in [-0.25, -0.2) is 0 Å². The van der Waals surface area contributed by atoms with E-state index in [1.165, 1.54) is 57.8 Å². The van der Waals surface area contributed by atoms with Crippen molar-refractivity contribution < 1.29 is 24.2 Å². The normalized spacial score (nSPS) is 12.2. The summed E-state index contributed by atoms with van der Waals surface area (Å²) in [4.78, 5) is 23.8. The van der Waals surface area contributed by atoms with Gasteiger partial charge in [0, 0.05) is 12.8 Å². The number of carbonyl (C=O) groups excluding carboxylic acids is 2. The van der Waals surface area contributed by atoms with Crippen LogP contribution in [0, 0.1) is 0 Å². The van der Waals surface area contributed by atoms with Crippen LogP contribution in [0.15, 0.2) is 12.2 Å². The smallest absolute Gasteiger partial charge is 0.306 e. The largest absolute Gasteiger partial charge is 0.462 e. The van der Waals surface area contributed by atoms with Crippen molar-refractivity contribution >= 4 is 11.9 Å². The van der Waals surface area contributed by atoms with Crippen molar-refractivity contribution in [3.05, 3.63) is 12.2 Å². The highest BCUT2D eigenvalue weighted by atomic mass is 16.6. The van der Waals surface area contributed by atoms with Crippen molar-refractivity contribution in [1.82, 2.24) is 0 Å². The molecule has 0 unspecified atom stereocenters. The second kappa shape index (κ2) is 24.3. The van der Waals surface area contributed by atoms with Gasteiger partial charge >= 0.3 is 11.9 Å². The minimum atomic E-state index is -0.763. The summed E-state index contributed by atoms with van der Waals surface area (Å²) >= 11 is 0. The number of hydrogen-bond acceptors (Lipinski definition) is 5. The maximum Gasteiger partial charge on any atom is 0.306 e. The van der Waals surface area contributed by atoms with E-state index in [9.17, 15) is 14.7 Å². The Kier molecular flexibility index (Phi) is 23.3. The van der Waals surface area contributed by atoms with E-state index in [1.807, 2.05) is 0 Å². The highest BCUT2D eigenvalue weighted by Crippen LogP contribution is 2.11. The third-order valence-electron chi connectivity index (χ3n) is 5.56. The third-order valence-corrected chi connectivity index (χ3v) is 5.56. The number of aliphatic hydroxyl groups excluding tert-OH is 1. The average Bonchev–Trinajstić information content (AvgIpc) is 2.79. The van der Waals surface area contributed by atoms with E-state index in [0.717, 1.165) is 44.9 Å². The summed E-state index contributed by atoms with van der Waals surface area (Å²) in [5.74, 6) is -0.612. The Hall–Kier alpha value is -1.36. The molecular weight excluding hydrogens is 404 g/mol. The number of hydrogen-bond donors (Lipinski definition) is 1. The van der Waals surface area contributed by atoms with Crippen LogP contribution >= 0.6 is 0 Å². The minimum absolute atomic E-state index is 0.0670. The van der Waals surface area contributed by atoms with Crippen LogP contribution in [0.25, 0.3) is 0 Å². The van der Waals surface area contributed by atoms with Crippen molar-refractivity contribution in [2.24, 2.45) is 0 Å². The molecule has 0 rings (SSSR count). The summed E-state index contributed by atoms with van der Waals surface area (Å²) < 4.78 is 10.4. The maximum absolute atomic E-state index is 11.9. The number of carbonyl (C=O) groups is 2. The summed E-state index contributed by atoms with van der Waals surface area (Å²) in [5.41, 5.74) is 0. The van der Waals surface area contributed by atoms with Gasteiger partial charge in [0.2, 0.25) is 0 Å². The zero-order chi connectivity index (χ0) is 23.7. The van der Waals surface area contributed by atoms with Crippen molar-refractivity contribution in [2.75, 3.05) is 13.2 Å². The van der Waals surface area contributed by atoms with Gasteiger partial charge in [-0.1, -0.05) is 96.6 Å². The lowest BCUT2D eigenvalue weighted by Gasteiger charge is -2.15. The second-order valence-corrected chi connectivity index (χ2v) is 8.77. The summed E-state index contributed by atoms with van der Waals surface area (Å²) in [6.45, 7) is 4.01. The molecule has 0 aromatic rings. The Bertz CT molecular complexity index is 461. The highest BCUT2D eigenvalue weighted by molar-refractivity contribution is 5.70. The Balaban J connectivity index is 3.64. The molecule has 0 aromatic carbocycles. The molecule has 32 heavy (non-hydrogen) atoms. The van der Waals surface area contributed by atoms with Crippen molar-refractivity contribution in [2.45, 2.75) is 136 Å². The zero-order valence-corrected chi connectivity index (χ0v) is 21.0. The molecule has 1 N–H and O–H groups in total. The molecule has 0 radical (unpaired) electrons. The van der Waals surface area contributed by atoms with Crippen molar-refractivity contribution in [3.8, 4) is 0 Å². The Morgan fingerprint density at radius 1 is 0.688 bits per heavy atom. The molecule has 0 aromatic heterocycles. The van der Waals surface area contributed by atoms with Crippen molar-refractivity contribution in [1.29, 1.82) is 0 Å². The number of rotatable bonds is 23. The van der Waals surface area contributed by atoms with Crippen LogP contribution in [0.4, 0.5) is 0 Å². The number of allylic oxidation sites excluding steroid dienone is 2. The Morgan fingerprint density at radius 3 is 1.78 bits per heavy atom. The molecule has 0 bridgehead atoms. The van der Waals surface area contributed by atoms with Crippen LogP contribution < -0.4 is 0 Å². The van der Waals surface area contributed by atoms with E-state index in [0.29, 0.717) is 12.8 Å². The molecule has 5 nitrogen and oxygen atoms in total. The summed E-state index contributed by atoms with van der Waals surface area (Å²) in [5, 5.41) is 9.38. The molecular formula is C27H50O5. The van der Waals surface area contributed by atoms with Gasteiger partial charge in [0.1, 0.15) is 6.61 Å². The predicted octanol–water partition coefficient (Wildman–Crippen LogP) is 7.05. The summed E-state index contributed by atoms with van der Waals surface area (Å²) in [7, 11) is 0. The van der Waals surface area contributed by atoms with Gasteiger partial charge in [-0.2, -0.15) is 0 Å². The molecule has 0 saturated carbocycles. The van der Waals surface area contributed by atoms with Gasteiger partial charge in [0.15, 0.2) is 6.10 Å². The van der Waals surface area contributed by atoms with Crippen molar-refractivity contribution in [3.63, 3.8) is 0 Å². The molecule has 0 aliphatic heterocycles. The van der Waals surface area contributed by atoms with E-state index >= 15 is 0 Å². The number of aliphatic hydroxyl groups is 1. The molecule has 5 heteroatoms. The molecule has 188 valence electrons. The van der Waals surface area contributed by atoms with E-state index in [1.54, 1.807) is 0 Å². The molecule has 0 aliphatic rings. The van der Waals surface area contributed by atoms with Crippen LogP contribution in [0.5, 0.6) is 0 Å². The molecule has 0 aliphatic carbocycles. The van der Waals surface area contributed by atoms with Gasteiger partial charge in [0.05, 0.1) is 6.61 Å². The fourth-order valence-corrected chi connectivity index (χ4v) is 3.47. The molecule has 0 saturated heterocycles. The molecule has 0 fully saturated rings. The monoisotopic (exact) mass is 454 g/mol. The van der Waals surface area contributed by atoms with Gasteiger partial charge < -0.3 is 14.6 Å². The van der Waals surface area contributed by atoms with Gasteiger partial charge in [-0.3, -0.25) is 9.59 Å². The Labute approximate surface area is 197 Å². The van der Waals surface area contributed by atoms with Gasteiger partial charge in [-0.05, 0) is 32.1 Å². The predicted molar refractivity (Wildman–Crippen MR) is 132 cm³/mol. The van der Waals surface area contributed by atoms with Crippen LogP contribution in [-0.4, -0.2) is 36.4 Å². The molecule has 0 heterocycles. The van der Waals surface area contributed by atoms with Crippen LogP contribution in [0.3, 0.4) is 0 Å². The highest BCUT2D eigenvalue weighted by Gasteiger charge is 2.16. The van der Waals surface area contributed by atoms with Gasteiger partial charge in [0.25, 0.3) is 0 Å². The number of esters is 2. The fourth-order valence-electron chi connectivity index (χ4n) is 3.47. The van der Waals surface area contributed by atoms with Gasteiger partial charge in [-0.15, -0.1) is 0 Å².